The van der Waals surface area contributed by atoms with Gasteiger partial charge in [-0.05, 0) is 53.4 Å². The smallest absolute Gasteiger partial charge is 0.241 e. The Bertz CT molecular complexity index is 952. The Morgan fingerprint density at radius 3 is 2.68 bits per heavy atom. The predicted octanol–water partition coefficient (Wildman–Crippen LogP) is 2.89. The van der Waals surface area contributed by atoms with Crippen LogP contribution in [0.4, 0.5) is 5.69 Å². The molecule has 25 heavy (non-hydrogen) atoms. The normalized spacial score (nSPS) is 15.5. The molecule has 1 amide bonds. The van der Waals surface area contributed by atoms with Crippen LogP contribution in [-0.2, 0) is 11.3 Å². The topological polar surface area (TPSA) is 63.1 Å². The van der Waals surface area contributed by atoms with Crippen LogP contribution in [0.15, 0.2) is 54.7 Å². The van der Waals surface area contributed by atoms with E-state index < -0.39 is 0 Å². The summed E-state index contributed by atoms with van der Waals surface area (Å²) in [5.74, 6) is 0.0960. The summed E-state index contributed by atoms with van der Waals surface area (Å²) in [5.41, 5.74) is 3.81. The fraction of sp³-hybridized carbons (Fsp3) is 0.200. The Hall–Kier alpha value is -3.10. The van der Waals surface area contributed by atoms with Gasteiger partial charge in [-0.15, -0.1) is 0 Å². The number of hydrogen-bond donors (Lipinski definition) is 1. The van der Waals surface area contributed by atoms with E-state index in [9.17, 15) is 4.79 Å². The number of nitriles is 1. The van der Waals surface area contributed by atoms with E-state index in [1.165, 1.54) is 10.9 Å². The molecule has 0 bridgehead atoms. The summed E-state index contributed by atoms with van der Waals surface area (Å²) in [5, 5.41) is 10.1. The highest BCUT2D eigenvalue weighted by atomic mass is 16.2. The molecule has 2 aromatic carbocycles. The summed E-state index contributed by atoms with van der Waals surface area (Å²) in [4.78, 5) is 19.7. The van der Waals surface area contributed by atoms with E-state index >= 15 is 0 Å². The standard InChI is InChI=1S/C20H18N4O/c21-12-15-1-4-18(5-2-15)24-10-9-23(14-20(24)25)13-16-3-6-19-17(11-16)7-8-22-19/h1-8,11,22H,9-10,13-14H2. The van der Waals surface area contributed by atoms with Gasteiger partial charge in [-0.2, -0.15) is 5.26 Å². The lowest BCUT2D eigenvalue weighted by Gasteiger charge is -2.34. The zero-order valence-electron chi connectivity index (χ0n) is 13.8. The molecule has 0 unspecified atom stereocenters. The molecule has 1 aliphatic heterocycles. The highest BCUT2D eigenvalue weighted by Gasteiger charge is 2.25. The third kappa shape index (κ3) is 3.12. The van der Waals surface area contributed by atoms with E-state index in [1.54, 1.807) is 17.0 Å². The van der Waals surface area contributed by atoms with Gasteiger partial charge in [0.1, 0.15) is 0 Å². The first kappa shape index (κ1) is 15.4. The lowest BCUT2D eigenvalue weighted by molar-refractivity contribution is -0.121. The summed E-state index contributed by atoms with van der Waals surface area (Å²) in [6.45, 7) is 2.67. The molecule has 0 saturated carbocycles. The Labute approximate surface area is 146 Å². The Morgan fingerprint density at radius 2 is 1.92 bits per heavy atom. The fourth-order valence-electron chi connectivity index (χ4n) is 3.31. The van der Waals surface area contributed by atoms with Gasteiger partial charge in [0.25, 0.3) is 0 Å². The minimum absolute atomic E-state index is 0.0960. The van der Waals surface area contributed by atoms with Gasteiger partial charge in [-0.25, -0.2) is 0 Å². The fourth-order valence-corrected chi connectivity index (χ4v) is 3.31. The van der Waals surface area contributed by atoms with Gasteiger partial charge in [0.2, 0.25) is 5.91 Å². The number of nitrogens with zero attached hydrogens (tertiary/aromatic N) is 3. The second-order valence-electron chi connectivity index (χ2n) is 6.31. The Kier molecular flexibility index (Phi) is 3.96. The molecule has 0 aliphatic carbocycles. The Balaban J connectivity index is 1.43. The van der Waals surface area contributed by atoms with Crippen molar-refractivity contribution < 1.29 is 4.79 Å². The first-order chi connectivity index (χ1) is 12.2. The molecule has 5 nitrogen and oxygen atoms in total. The molecule has 0 atom stereocenters. The molecule has 1 saturated heterocycles. The molecule has 2 heterocycles. The summed E-state index contributed by atoms with van der Waals surface area (Å²) >= 11 is 0. The zero-order chi connectivity index (χ0) is 17.2. The molecule has 3 aromatic rings. The summed E-state index contributed by atoms with van der Waals surface area (Å²) in [6, 6.07) is 17.7. The van der Waals surface area contributed by atoms with Gasteiger partial charge < -0.3 is 9.88 Å². The van der Waals surface area contributed by atoms with Crippen LogP contribution in [0.2, 0.25) is 0 Å². The molecule has 0 spiro atoms. The number of carbonyl (C=O) groups is 1. The first-order valence-corrected chi connectivity index (χ1v) is 8.32. The summed E-state index contributed by atoms with van der Waals surface area (Å²) < 4.78 is 0. The average Bonchev–Trinajstić information content (AvgIpc) is 3.10. The summed E-state index contributed by atoms with van der Waals surface area (Å²) in [6.07, 6.45) is 1.94. The predicted molar refractivity (Wildman–Crippen MR) is 97.1 cm³/mol. The van der Waals surface area contributed by atoms with Crippen molar-refractivity contribution in [1.29, 1.82) is 5.26 Å². The molecular formula is C20H18N4O. The largest absolute Gasteiger partial charge is 0.361 e. The third-order valence-corrected chi connectivity index (χ3v) is 4.63. The number of nitrogens with one attached hydrogen (secondary N) is 1. The molecule has 1 aromatic heterocycles. The van der Waals surface area contributed by atoms with Crippen LogP contribution >= 0.6 is 0 Å². The van der Waals surface area contributed by atoms with Gasteiger partial charge in [-0.3, -0.25) is 9.69 Å². The van der Waals surface area contributed by atoms with Crippen LogP contribution in [0.25, 0.3) is 10.9 Å². The number of aromatic amines is 1. The monoisotopic (exact) mass is 330 g/mol. The third-order valence-electron chi connectivity index (χ3n) is 4.63. The van der Waals surface area contributed by atoms with Crippen molar-refractivity contribution in [3.63, 3.8) is 0 Å². The minimum Gasteiger partial charge on any atom is -0.361 e. The van der Waals surface area contributed by atoms with Crippen molar-refractivity contribution in [3.8, 4) is 6.07 Å². The van der Waals surface area contributed by atoms with Crippen molar-refractivity contribution in [1.82, 2.24) is 9.88 Å². The van der Waals surface area contributed by atoms with E-state index in [0.29, 0.717) is 18.7 Å². The van der Waals surface area contributed by atoms with Crippen LogP contribution in [0.1, 0.15) is 11.1 Å². The van der Waals surface area contributed by atoms with E-state index in [4.69, 9.17) is 5.26 Å². The van der Waals surface area contributed by atoms with E-state index in [1.807, 2.05) is 18.3 Å². The number of anilines is 1. The minimum atomic E-state index is 0.0960. The molecule has 124 valence electrons. The highest BCUT2D eigenvalue weighted by molar-refractivity contribution is 5.95. The van der Waals surface area contributed by atoms with Gasteiger partial charge >= 0.3 is 0 Å². The number of benzene rings is 2. The first-order valence-electron chi connectivity index (χ1n) is 8.32. The average molecular weight is 330 g/mol. The van der Waals surface area contributed by atoms with Crippen LogP contribution in [0.3, 0.4) is 0 Å². The molecule has 0 radical (unpaired) electrons. The van der Waals surface area contributed by atoms with Gasteiger partial charge in [0, 0.05) is 37.0 Å². The molecule has 1 aliphatic rings. The number of carbonyl (C=O) groups excluding carboxylic acids is 1. The van der Waals surface area contributed by atoms with Crippen molar-refractivity contribution >= 4 is 22.5 Å². The van der Waals surface area contributed by atoms with Crippen LogP contribution in [0.5, 0.6) is 0 Å². The van der Waals surface area contributed by atoms with Crippen LogP contribution in [0, 0.1) is 11.3 Å². The SMILES string of the molecule is N#Cc1ccc(N2CCN(Cc3ccc4[nH]ccc4c3)CC2=O)cc1. The number of piperazine rings is 1. The molecular weight excluding hydrogens is 312 g/mol. The van der Waals surface area contributed by atoms with E-state index in [-0.39, 0.29) is 5.91 Å². The van der Waals surface area contributed by atoms with Gasteiger partial charge in [-0.1, -0.05) is 6.07 Å². The Morgan fingerprint density at radius 1 is 1.08 bits per heavy atom. The van der Waals surface area contributed by atoms with Crippen molar-refractivity contribution in [2.24, 2.45) is 0 Å². The quantitative estimate of drug-likeness (QED) is 0.803. The second-order valence-corrected chi connectivity index (χ2v) is 6.31. The van der Waals surface area contributed by atoms with E-state index in [2.05, 4.69) is 40.2 Å². The van der Waals surface area contributed by atoms with Gasteiger partial charge in [0.05, 0.1) is 18.2 Å². The molecule has 5 heteroatoms. The van der Waals surface area contributed by atoms with Gasteiger partial charge in [0.15, 0.2) is 0 Å². The van der Waals surface area contributed by atoms with Crippen molar-refractivity contribution in [3.05, 3.63) is 65.9 Å². The molecule has 1 N–H and O–H groups in total. The maximum Gasteiger partial charge on any atom is 0.241 e. The zero-order valence-corrected chi connectivity index (χ0v) is 13.8. The number of rotatable bonds is 3. The number of H-pyrrole nitrogens is 1. The van der Waals surface area contributed by atoms with E-state index in [0.717, 1.165) is 24.3 Å². The van der Waals surface area contributed by atoms with Crippen molar-refractivity contribution in [2.45, 2.75) is 6.54 Å². The second kappa shape index (κ2) is 6.42. The summed E-state index contributed by atoms with van der Waals surface area (Å²) in [7, 11) is 0. The number of fused-ring (bicyclic) bond motifs is 1. The number of hydrogen-bond acceptors (Lipinski definition) is 3. The van der Waals surface area contributed by atoms with Crippen LogP contribution < -0.4 is 4.90 Å². The lowest BCUT2D eigenvalue weighted by Crippen LogP contribution is -2.50. The van der Waals surface area contributed by atoms with Crippen LogP contribution in [-0.4, -0.2) is 35.4 Å². The maximum absolute atomic E-state index is 12.5. The number of amides is 1. The lowest BCUT2D eigenvalue weighted by atomic mass is 10.1. The highest BCUT2D eigenvalue weighted by Crippen LogP contribution is 2.20. The molecule has 1 fully saturated rings. The number of aromatic nitrogens is 1. The molecule has 4 rings (SSSR count). The maximum atomic E-state index is 12.5. The van der Waals surface area contributed by atoms with Crippen molar-refractivity contribution in [2.75, 3.05) is 24.5 Å².